The minimum Gasteiger partial charge on any atom is -0.497 e. The van der Waals surface area contributed by atoms with E-state index >= 15 is 0 Å². The van der Waals surface area contributed by atoms with Crippen LogP contribution in [0, 0.1) is 0 Å². The molecule has 2 aromatic rings. The summed E-state index contributed by atoms with van der Waals surface area (Å²) in [5, 5.41) is 12.1. The van der Waals surface area contributed by atoms with Gasteiger partial charge in [-0.1, -0.05) is 17.8 Å². The molecule has 1 atom stereocenters. The third kappa shape index (κ3) is 5.86. The summed E-state index contributed by atoms with van der Waals surface area (Å²) in [7, 11) is 1.58. The molecule has 1 aliphatic rings. The molecule has 1 aromatic carbocycles. The lowest BCUT2D eigenvalue weighted by molar-refractivity contribution is -0.132. The minimum atomic E-state index is -0.383. The lowest BCUT2D eigenvalue weighted by Gasteiger charge is -2.26. The molecule has 1 aliphatic heterocycles. The fourth-order valence-electron chi connectivity index (χ4n) is 3.15. The number of benzene rings is 1. The Morgan fingerprint density at radius 1 is 1.29 bits per heavy atom. The Labute approximate surface area is 185 Å². The van der Waals surface area contributed by atoms with Gasteiger partial charge in [-0.3, -0.25) is 9.59 Å². The zero-order valence-electron chi connectivity index (χ0n) is 17.7. The number of carbonyl (C=O) groups excluding carboxylic acids is 2. The van der Waals surface area contributed by atoms with Crippen molar-refractivity contribution in [3.63, 3.8) is 0 Å². The highest BCUT2D eigenvalue weighted by Crippen LogP contribution is 2.22. The van der Waals surface area contributed by atoms with Crippen molar-refractivity contribution in [3.8, 4) is 5.75 Å². The van der Waals surface area contributed by atoms with Gasteiger partial charge in [0.1, 0.15) is 5.75 Å². The SMILES string of the molecule is C=CCn1c(SCC(=O)N2CCOCC2)nnc1C(C)NC(=O)c1ccc(OC)cc1. The molecular weight excluding hydrogens is 418 g/mol. The molecule has 9 nitrogen and oxygen atoms in total. The highest BCUT2D eigenvalue weighted by molar-refractivity contribution is 7.99. The van der Waals surface area contributed by atoms with Crippen LogP contribution in [0.5, 0.6) is 5.75 Å². The van der Waals surface area contributed by atoms with E-state index in [1.165, 1.54) is 11.8 Å². The number of amides is 2. The number of hydrogen-bond acceptors (Lipinski definition) is 7. The quantitative estimate of drug-likeness (QED) is 0.465. The first-order valence-electron chi connectivity index (χ1n) is 10.0. The predicted octanol–water partition coefficient (Wildman–Crippen LogP) is 1.91. The standard InChI is InChI=1S/C21H27N5O4S/c1-4-9-26-19(15(2)22-20(28)16-5-7-17(29-3)8-6-16)23-24-21(26)31-14-18(27)25-10-12-30-13-11-25/h4-8,15H,1,9-14H2,2-3H3,(H,22,28). The normalized spacial score (nSPS) is 14.7. The van der Waals surface area contributed by atoms with Gasteiger partial charge in [0.25, 0.3) is 5.91 Å². The van der Waals surface area contributed by atoms with E-state index in [2.05, 4.69) is 22.1 Å². The molecule has 10 heteroatoms. The van der Waals surface area contributed by atoms with E-state index in [0.29, 0.717) is 55.1 Å². The number of carbonyl (C=O) groups is 2. The van der Waals surface area contributed by atoms with Crippen LogP contribution in [0.1, 0.15) is 29.1 Å². The van der Waals surface area contributed by atoms with E-state index in [1.54, 1.807) is 42.4 Å². The van der Waals surface area contributed by atoms with Gasteiger partial charge in [0, 0.05) is 25.2 Å². The van der Waals surface area contributed by atoms with Crippen LogP contribution in [0.15, 0.2) is 42.1 Å². The maximum atomic E-state index is 12.6. The number of hydrogen-bond donors (Lipinski definition) is 1. The number of rotatable bonds is 9. The van der Waals surface area contributed by atoms with Gasteiger partial charge in [-0.2, -0.15) is 0 Å². The summed E-state index contributed by atoms with van der Waals surface area (Å²) in [6, 6.07) is 6.49. The Morgan fingerprint density at radius 3 is 2.65 bits per heavy atom. The van der Waals surface area contributed by atoms with Gasteiger partial charge in [0.15, 0.2) is 11.0 Å². The van der Waals surface area contributed by atoms with Crippen molar-refractivity contribution >= 4 is 23.6 Å². The number of aromatic nitrogens is 3. The first-order chi connectivity index (χ1) is 15.0. The van der Waals surface area contributed by atoms with E-state index in [4.69, 9.17) is 9.47 Å². The number of morpholine rings is 1. The first-order valence-corrected chi connectivity index (χ1v) is 11.0. The Morgan fingerprint density at radius 2 is 2.00 bits per heavy atom. The second kappa shape index (κ2) is 11.0. The Kier molecular flexibility index (Phi) is 8.07. The van der Waals surface area contributed by atoms with Crippen molar-refractivity contribution < 1.29 is 19.1 Å². The van der Waals surface area contributed by atoms with Crippen molar-refractivity contribution in [1.82, 2.24) is 25.0 Å². The van der Waals surface area contributed by atoms with Crippen molar-refractivity contribution in [3.05, 3.63) is 48.3 Å². The largest absolute Gasteiger partial charge is 0.497 e. The molecule has 2 amide bonds. The van der Waals surface area contributed by atoms with Gasteiger partial charge in [-0.05, 0) is 31.2 Å². The summed E-state index contributed by atoms with van der Waals surface area (Å²) in [5.74, 6) is 1.37. The van der Waals surface area contributed by atoms with E-state index in [-0.39, 0.29) is 23.6 Å². The third-order valence-electron chi connectivity index (χ3n) is 4.83. The number of ether oxygens (including phenoxy) is 2. The number of thioether (sulfide) groups is 1. The molecule has 0 radical (unpaired) electrons. The summed E-state index contributed by atoms with van der Waals surface area (Å²) in [5.41, 5.74) is 0.521. The smallest absolute Gasteiger partial charge is 0.251 e. The maximum absolute atomic E-state index is 12.6. The predicted molar refractivity (Wildman–Crippen MR) is 117 cm³/mol. The molecule has 1 saturated heterocycles. The molecule has 1 N–H and O–H groups in total. The fraction of sp³-hybridized carbons (Fsp3) is 0.429. The van der Waals surface area contributed by atoms with E-state index in [0.717, 1.165) is 0 Å². The van der Waals surface area contributed by atoms with Crippen molar-refractivity contribution in [2.24, 2.45) is 0 Å². The molecule has 1 aromatic heterocycles. The molecule has 1 unspecified atom stereocenters. The highest BCUT2D eigenvalue weighted by atomic mass is 32.2. The average molecular weight is 446 g/mol. The number of nitrogens with one attached hydrogen (secondary N) is 1. The third-order valence-corrected chi connectivity index (χ3v) is 5.78. The van der Waals surface area contributed by atoms with Gasteiger partial charge >= 0.3 is 0 Å². The molecule has 0 aliphatic carbocycles. The summed E-state index contributed by atoms with van der Waals surface area (Å²) in [4.78, 5) is 26.8. The molecule has 0 saturated carbocycles. The van der Waals surface area contributed by atoms with E-state index in [9.17, 15) is 9.59 Å². The molecule has 166 valence electrons. The van der Waals surface area contributed by atoms with Crippen molar-refractivity contribution in [1.29, 1.82) is 0 Å². The van der Waals surface area contributed by atoms with Gasteiger partial charge < -0.3 is 24.3 Å². The Bertz CT molecular complexity index is 909. The lowest BCUT2D eigenvalue weighted by Crippen LogP contribution is -2.41. The van der Waals surface area contributed by atoms with Crippen LogP contribution in [0.25, 0.3) is 0 Å². The van der Waals surface area contributed by atoms with Gasteiger partial charge in [-0.25, -0.2) is 0 Å². The average Bonchev–Trinajstić information content (AvgIpc) is 3.21. The molecule has 3 rings (SSSR count). The summed E-state index contributed by atoms with van der Waals surface area (Å²) in [6.45, 7) is 8.47. The second-order valence-electron chi connectivity index (χ2n) is 6.95. The zero-order chi connectivity index (χ0) is 22.2. The summed E-state index contributed by atoms with van der Waals surface area (Å²) < 4.78 is 12.3. The molecule has 0 bridgehead atoms. The van der Waals surface area contributed by atoms with Crippen LogP contribution in [0.4, 0.5) is 0 Å². The van der Waals surface area contributed by atoms with Gasteiger partial charge in [-0.15, -0.1) is 16.8 Å². The van der Waals surface area contributed by atoms with Crippen LogP contribution < -0.4 is 10.1 Å². The van der Waals surface area contributed by atoms with Crippen LogP contribution in [0.2, 0.25) is 0 Å². The fourth-order valence-corrected chi connectivity index (χ4v) is 4.00. The number of allylic oxidation sites excluding steroid dienone is 1. The van der Waals surface area contributed by atoms with Crippen LogP contribution in [-0.4, -0.2) is 70.6 Å². The highest BCUT2D eigenvalue weighted by Gasteiger charge is 2.22. The summed E-state index contributed by atoms with van der Waals surface area (Å²) in [6.07, 6.45) is 1.73. The van der Waals surface area contributed by atoms with Gasteiger partial charge in [0.05, 0.1) is 32.1 Å². The minimum absolute atomic E-state index is 0.0452. The monoisotopic (exact) mass is 445 g/mol. The summed E-state index contributed by atoms with van der Waals surface area (Å²) >= 11 is 1.33. The van der Waals surface area contributed by atoms with Crippen molar-refractivity contribution in [2.45, 2.75) is 24.7 Å². The van der Waals surface area contributed by atoms with Crippen LogP contribution in [-0.2, 0) is 16.1 Å². The molecule has 1 fully saturated rings. The molecular formula is C21H27N5O4S. The Balaban J connectivity index is 1.65. The number of methoxy groups -OCH3 is 1. The van der Waals surface area contributed by atoms with Crippen LogP contribution >= 0.6 is 11.8 Å². The van der Waals surface area contributed by atoms with E-state index in [1.807, 2.05) is 11.5 Å². The van der Waals surface area contributed by atoms with Crippen LogP contribution in [0.3, 0.4) is 0 Å². The molecule has 31 heavy (non-hydrogen) atoms. The number of nitrogens with zero attached hydrogens (tertiary/aromatic N) is 4. The molecule has 2 heterocycles. The molecule has 0 spiro atoms. The maximum Gasteiger partial charge on any atom is 0.251 e. The van der Waals surface area contributed by atoms with Gasteiger partial charge in [0.2, 0.25) is 5.91 Å². The van der Waals surface area contributed by atoms with E-state index < -0.39 is 0 Å². The second-order valence-corrected chi connectivity index (χ2v) is 7.89. The first kappa shape index (κ1) is 22.8. The lowest BCUT2D eigenvalue weighted by atomic mass is 10.2. The Hall–Kier alpha value is -2.85. The topological polar surface area (TPSA) is 98.6 Å². The zero-order valence-corrected chi connectivity index (χ0v) is 18.6. The van der Waals surface area contributed by atoms with Crippen molar-refractivity contribution in [2.75, 3.05) is 39.2 Å².